The molecule has 0 aromatic carbocycles. The van der Waals surface area contributed by atoms with Crippen LogP contribution in [0.4, 0.5) is 0 Å². The minimum Gasteiger partial charge on any atom is -0.460 e. The molecule has 1 saturated heterocycles. The average Bonchev–Trinajstić information content (AvgIpc) is 2.17. The summed E-state index contributed by atoms with van der Waals surface area (Å²) < 4.78 is 10.7. The van der Waals surface area contributed by atoms with Crippen LogP contribution in [0.5, 0.6) is 0 Å². The number of rotatable bonds is 3. The standard InChI is InChI=1S/C12H22O4/c1-11(2,3)16-10(14)12(4-7-13)5-8-15-9-6-12/h13H,4-9H2,1-3H3. The van der Waals surface area contributed by atoms with E-state index in [1.165, 1.54) is 0 Å². The molecule has 0 unspecified atom stereocenters. The molecule has 4 heteroatoms. The lowest BCUT2D eigenvalue weighted by Crippen LogP contribution is -2.42. The van der Waals surface area contributed by atoms with Crippen molar-refractivity contribution in [2.75, 3.05) is 19.8 Å². The van der Waals surface area contributed by atoms with E-state index in [0.29, 0.717) is 32.5 Å². The van der Waals surface area contributed by atoms with Crippen molar-refractivity contribution in [3.05, 3.63) is 0 Å². The first-order valence-electron chi connectivity index (χ1n) is 5.82. The van der Waals surface area contributed by atoms with Crippen LogP contribution in [0, 0.1) is 5.41 Å². The largest absolute Gasteiger partial charge is 0.460 e. The van der Waals surface area contributed by atoms with E-state index in [0.717, 1.165) is 0 Å². The van der Waals surface area contributed by atoms with Gasteiger partial charge in [-0.1, -0.05) is 0 Å². The van der Waals surface area contributed by atoms with E-state index in [4.69, 9.17) is 14.6 Å². The van der Waals surface area contributed by atoms with Crippen molar-refractivity contribution in [2.24, 2.45) is 5.41 Å². The quantitative estimate of drug-likeness (QED) is 0.747. The maximum atomic E-state index is 12.1. The highest BCUT2D eigenvalue weighted by atomic mass is 16.6. The maximum absolute atomic E-state index is 12.1. The number of aliphatic hydroxyl groups excluding tert-OH is 1. The van der Waals surface area contributed by atoms with Crippen molar-refractivity contribution < 1.29 is 19.4 Å². The molecule has 0 bridgehead atoms. The smallest absolute Gasteiger partial charge is 0.312 e. The van der Waals surface area contributed by atoms with Crippen molar-refractivity contribution in [2.45, 2.75) is 45.6 Å². The van der Waals surface area contributed by atoms with Gasteiger partial charge in [0.25, 0.3) is 0 Å². The SMILES string of the molecule is CC(C)(C)OC(=O)C1(CCO)CCOCC1. The number of ether oxygens (including phenoxy) is 2. The second-order valence-electron chi connectivity index (χ2n) is 5.37. The molecular formula is C12H22O4. The van der Waals surface area contributed by atoms with E-state index in [2.05, 4.69) is 0 Å². The van der Waals surface area contributed by atoms with Gasteiger partial charge in [0, 0.05) is 19.8 Å². The van der Waals surface area contributed by atoms with Crippen molar-refractivity contribution in [1.82, 2.24) is 0 Å². The molecule has 1 heterocycles. The van der Waals surface area contributed by atoms with E-state index in [-0.39, 0.29) is 12.6 Å². The van der Waals surface area contributed by atoms with Gasteiger partial charge in [-0.3, -0.25) is 4.79 Å². The molecule has 1 fully saturated rings. The summed E-state index contributed by atoms with van der Waals surface area (Å²) in [5.41, 5.74) is -1.02. The summed E-state index contributed by atoms with van der Waals surface area (Å²) in [6, 6.07) is 0. The fourth-order valence-corrected chi connectivity index (χ4v) is 1.92. The number of carbonyl (C=O) groups excluding carboxylic acids is 1. The molecule has 1 aliphatic rings. The Morgan fingerprint density at radius 3 is 2.38 bits per heavy atom. The predicted molar refractivity (Wildman–Crippen MR) is 60.0 cm³/mol. The Hall–Kier alpha value is -0.610. The third-order valence-electron chi connectivity index (χ3n) is 2.87. The molecule has 0 spiro atoms. The monoisotopic (exact) mass is 230 g/mol. The van der Waals surface area contributed by atoms with Gasteiger partial charge < -0.3 is 14.6 Å². The highest BCUT2D eigenvalue weighted by Gasteiger charge is 2.42. The summed E-state index contributed by atoms with van der Waals surface area (Å²) in [5.74, 6) is -0.197. The number of hydrogen-bond acceptors (Lipinski definition) is 4. The van der Waals surface area contributed by atoms with Gasteiger partial charge in [-0.25, -0.2) is 0 Å². The van der Waals surface area contributed by atoms with Crippen LogP contribution in [0.2, 0.25) is 0 Å². The Kier molecular flexibility index (Phi) is 4.33. The zero-order valence-corrected chi connectivity index (χ0v) is 10.4. The third kappa shape index (κ3) is 3.46. The Bertz CT molecular complexity index is 230. The Morgan fingerprint density at radius 1 is 1.38 bits per heavy atom. The second-order valence-corrected chi connectivity index (χ2v) is 5.37. The second kappa shape index (κ2) is 5.15. The molecule has 0 atom stereocenters. The van der Waals surface area contributed by atoms with Crippen molar-refractivity contribution in [3.63, 3.8) is 0 Å². The van der Waals surface area contributed by atoms with E-state index < -0.39 is 11.0 Å². The minimum atomic E-state index is -0.541. The molecule has 1 aliphatic heterocycles. The summed E-state index contributed by atoms with van der Waals surface area (Å²) in [6.45, 7) is 6.72. The lowest BCUT2D eigenvalue weighted by molar-refractivity contribution is -0.174. The van der Waals surface area contributed by atoms with Crippen LogP contribution in [0.1, 0.15) is 40.0 Å². The van der Waals surface area contributed by atoms with Crippen LogP contribution in [0.3, 0.4) is 0 Å². The molecule has 0 aromatic rings. The lowest BCUT2D eigenvalue weighted by Gasteiger charge is -2.36. The zero-order valence-electron chi connectivity index (χ0n) is 10.4. The third-order valence-corrected chi connectivity index (χ3v) is 2.87. The summed E-state index contributed by atoms with van der Waals surface area (Å²) in [6.07, 6.45) is 1.75. The van der Waals surface area contributed by atoms with Crippen molar-refractivity contribution in [3.8, 4) is 0 Å². The summed E-state index contributed by atoms with van der Waals surface area (Å²) in [5, 5.41) is 9.08. The molecule has 0 amide bonds. The summed E-state index contributed by atoms with van der Waals surface area (Å²) in [7, 11) is 0. The van der Waals surface area contributed by atoms with Gasteiger partial charge in [-0.15, -0.1) is 0 Å². The Labute approximate surface area is 96.9 Å². The topological polar surface area (TPSA) is 55.8 Å². The molecule has 0 aliphatic carbocycles. The molecule has 1 rings (SSSR count). The molecule has 4 nitrogen and oxygen atoms in total. The van der Waals surface area contributed by atoms with E-state index in [1.54, 1.807) is 0 Å². The fraction of sp³-hybridized carbons (Fsp3) is 0.917. The molecule has 94 valence electrons. The van der Waals surface area contributed by atoms with E-state index >= 15 is 0 Å². The molecule has 16 heavy (non-hydrogen) atoms. The van der Waals surface area contributed by atoms with Crippen LogP contribution >= 0.6 is 0 Å². The van der Waals surface area contributed by atoms with Crippen molar-refractivity contribution >= 4 is 5.97 Å². The normalized spacial score (nSPS) is 20.5. The van der Waals surface area contributed by atoms with Gasteiger partial charge >= 0.3 is 5.97 Å². The predicted octanol–water partition coefficient (Wildman–Crippen LogP) is 1.51. The minimum absolute atomic E-state index is 0.0131. The molecule has 1 N–H and O–H groups in total. The number of aliphatic hydroxyl groups is 1. The van der Waals surface area contributed by atoms with Gasteiger partial charge in [0.05, 0.1) is 5.41 Å². The van der Waals surface area contributed by atoms with Crippen LogP contribution in [-0.2, 0) is 14.3 Å². The first-order chi connectivity index (χ1) is 7.40. The van der Waals surface area contributed by atoms with Gasteiger partial charge in [0.1, 0.15) is 5.60 Å². The van der Waals surface area contributed by atoms with Crippen LogP contribution in [0.25, 0.3) is 0 Å². The lowest BCUT2D eigenvalue weighted by atomic mass is 9.77. The highest BCUT2D eigenvalue weighted by molar-refractivity contribution is 5.77. The maximum Gasteiger partial charge on any atom is 0.312 e. The van der Waals surface area contributed by atoms with E-state index in [1.807, 2.05) is 20.8 Å². The molecule has 0 saturated carbocycles. The Balaban J connectivity index is 2.72. The molecule has 0 aromatic heterocycles. The van der Waals surface area contributed by atoms with Crippen LogP contribution in [-0.4, -0.2) is 36.5 Å². The van der Waals surface area contributed by atoms with Crippen LogP contribution < -0.4 is 0 Å². The first-order valence-corrected chi connectivity index (χ1v) is 5.82. The highest BCUT2D eigenvalue weighted by Crippen LogP contribution is 2.36. The van der Waals surface area contributed by atoms with Gasteiger partial charge in [-0.05, 0) is 40.0 Å². The fourth-order valence-electron chi connectivity index (χ4n) is 1.92. The van der Waals surface area contributed by atoms with Gasteiger partial charge in [0.15, 0.2) is 0 Å². The molecular weight excluding hydrogens is 208 g/mol. The van der Waals surface area contributed by atoms with Crippen LogP contribution in [0.15, 0.2) is 0 Å². The number of esters is 1. The zero-order chi connectivity index (χ0) is 12.2. The number of hydrogen-bond donors (Lipinski definition) is 1. The summed E-state index contributed by atoms with van der Waals surface area (Å²) in [4.78, 5) is 12.1. The first kappa shape index (κ1) is 13.5. The van der Waals surface area contributed by atoms with E-state index in [9.17, 15) is 4.79 Å². The molecule has 0 radical (unpaired) electrons. The van der Waals surface area contributed by atoms with Gasteiger partial charge in [0.2, 0.25) is 0 Å². The number of carbonyl (C=O) groups is 1. The van der Waals surface area contributed by atoms with Crippen molar-refractivity contribution in [1.29, 1.82) is 0 Å². The summed E-state index contributed by atoms with van der Waals surface area (Å²) >= 11 is 0. The Morgan fingerprint density at radius 2 is 1.94 bits per heavy atom. The average molecular weight is 230 g/mol. The van der Waals surface area contributed by atoms with Gasteiger partial charge in [-0.2, -0.15) is 0 Å².